The van der Waals surface area contributed by atoms with Crippen molar-refractivity contribution in [2.75, 3.05) is 0 Å². The highest BCUT2D eigenvalue weighted by atomic mass is 19.4. The molecule has 3 aromatic carbocycles. The fourth-order valence-electron chi connectivity index (χ4n) is 3.13. The van der Waals surface area contributed by atoms with Gasteiger partial charge in [0.2, 0.25) is 0 Å². The van der Waals surface area contributed by atoms with Gasteiger partial charge in [-0.3, -0.25) is 0 Å². The smallest absolute Gasteiger partial charge is 0.207 e. The summed E-state index contributed by atoms with van der Waals surface area (Å²) in [7, 11) is 0. The lowest BCUT2D eigenvalue weighted by Crippen LogP contribution is -2.12. The molecule has 0 spiro atoms. The fourth-order valence-corrected chi connectivity index (χ4v) is 3.13. The second-order valence-corrected chi connectivity index (χ2v) is 6.36. The number of nitrogens with zero attached hydrogens (tertiary/aromatic N) is 1. The Labute approximate surface area is 158 Å². The Hall–Kier alpha value is -3.20. The Morgan fingerprint density at radius 3 is 2.21 bits per heavy atom. The number of rotatable bonds is 4. The van der Waals surface area contributed by atoms with Crippen molar-refractivity contribution in [1.82, 2.24) is 0 Å². The third-order valence-electron chi connectivity index (χ3n) is 4.43. The van der Waals surface area contributed by atoms with Crippen LogP contribution in [0.3, 0.4) is 0 Å². The molecule has 0 N–H and O–H groups in total. The van der Waals surface area contributed by atoms with Crippen LogP contribution in [0.2, 0.25) is 0 Å². The summed E-state index contributed by atoms with van der Waals surface area (Å²) in [6.45, 7) is 0. The van der Waals surface area contributed by atoms with E-state index in [2.05, 4.69) is 0 Å². The van der Waals surface area contributed by atoms with Gasteiger partial charge in [-0.25, -0.2) is 8.78 Å². The van der Waals surface area contributed by atoms with Gasteiger partial charge in [0.1, 0.15) is 11.6 Å². The van der Waals surface area contributed by atoms with Crippen molar-refractivity contribution in [3.8, 4) is 6.07 Å². The highest BCUT2D eigenvalue weighted by molar-refractivity contribution is 5.42. The van der Waals surface area contributed by atoms with E-state index in [9.17, 15) is 22.0 Å². The first kappa shape index (κ1) is 19.6. The van der Waals surface area contributed by atoms with Gasteiger partial charge in [0.05, 0.1) is 17.2 Å². The molecule has 3 aromatic rings. The van der Waals surface area contributed by atoms with Gasteiger partial charge < -0.3 is 0 Å². The van der Waals surface area contributed by atoms with Crippen LogP contribution in [-0.4, -0.2) is 0 Å². The summed E-state index contributed by atoms with van der Waals surface area (Å²) in [5, 5.41) is 9.10. The van der Waals surface area contributed by atoms with E-state index in [0.29, 0.717) is 5.56 Å². The van der Waals surface area contributed by atoms with E-state index in [0.717, 1.165) is 23.8 Å². The molecule has 0 amide bonds. The zero-order chi connectivity index (χ0) is 20.3. The van der Waals surface area contributed by atoms with Crippen molar-refractivity contribution in [2.45, 2.75) is 18.5 Å². The van der Waals surface area contributed by atoms with Gasteiger partial charge >= 0.3 is 6.18 Å². The van der Waals surface area contributed by atoms with Crippen molar-refractivity contribution in [3.63, 3.8) is 0 Å². The van der Waals surface area contributed by atoms with Crippen LogP contribution in [0.5, 0.6) is 0 Å². The minimum absolute atomic E-state index is 0.0613. The van der Waals surface area contributed by atoms with E-state index < -0.39 is 29.3 Å². The second kappa shape index (κ2) is 7.81. The highest BCUT2D eigenvalue weighted by Gasteiger charge is 2.35. The van der Waals surface area contributed by atoms with Crippen LogP contribution in [0.1, 0.15) is 33.7 Å². The summed E-state index contributed by atoms with van der Waals surface area (Å²) in [6.07, 6.45) is -4.59. The fraction of sp³-hybridized carbons (Fsp3) is 0.136. The van der Waals surface area contributed by atoms with E-state index in [-0.39, 0.29) is 17.5 Å². The largest absolute Gasteiger partial charge is 0.419 e. The van der Waals surface area contributed by atoms with Crippen molar-refractivity contribution in [3.05, 3.63) is 106 Å². The third-order valence-corrected chi connectivity index (χ3v) is 4.43. The monoisotopic (exact) mass is 387 g/mol. The Balaban J connectivity index is 2.15. The molecule has 3 rings (SSSR count). The molecule has 0 saturated heterocycles. The average molecular weight is 387 g/mol. The molecule has 0 aliphatic rings. The molecule has 142 valence electrons. The number of benzene rings is 3. The summed E-state index contributed by atoms with van der Waals surface area (Å²) in [5.41, 5.74) is 0.0338. The molecule has 28 heavy (non-hydrogen) atoms. The average Bonchev–Trinajstić information content (AvgIpc) is 2.66. The molecule has 0 radical (unpaired) electrons. The Morgan fingerprint density at radius 2 is 1.57 bits per heavy atom. The topological polar surface area (TPSA) is 23.8 Å². The molecule has 0 heterocycles. The summed E-state index contributed by atoms with van der Waals surface area (Å²) in [4.78, 5) is 0. The van der Waals surface area contributed by atoms with Crippen LogP contribution in [0.4, 0.5) is 22.0 Å². The zero-order valence-corrected chi connectivity index (χ0v) is 14.5. The van der Waals surface area contributed by atoms with Gasteiger partial charge in [-0.15, -0.1) is 0 Å². The Kier molecular flexibility index (Phi) is 5.46. The summed E-state index contributed by atoms with van der Waals surface area (Å²) < 4.78 is 67.2. The van der Waals surface area contributed by atoms with Gasteiger partial charge in [-0.1, -0.05) is 36.4 Å². The van der Waals surface area contributed by atoms with Crippen LogP contribution < -0.4 is 0 Å². The normalized spacial score (nSPS) is 12.4. The van der Waals surface area contributed by atoms with E-state index >= 15 is 0 Å². The first-order valence-corrected chi connectivity index (χ1v) is 8.39. The molecule has 0 fully saturated rings. The lowest BCUT2D eigenvalue weighted by molar-refractivity contribution is -0.140. The molecule has 0 aliphatic heterocycles. The van der Waals surface area contributed by atoms with Crippen LogP contribution >= 0.6 is 0 Å². The molecule has 6 heteroatoms. The van der Waals surface area contributed by atoms with Gasteiger partial charge in [-0.2, -0.15) is 18.4 Å². The number of nitriles is 1. The van der Waals surface area contributed by atoms with Crippen molar-refractivity contribution < 1.29 is 22.0 Å². The van der Waals surface area contributed by atoms with Gasteiger partial charge in [0, 0.05) is 5.92 Å². The van der Waals surface area contributed by atoms with E-state index in [1.165, 1.54) is 18.2 Å². The third kappa shape index (κ3) is 4.37. The molecular formula is C22H14F5N. The Morgan fingerprint density at radius 1 is 0.857 bits per heavy atom. The first-order valence-electron chi connectivity index (χ1n) is 8.39. The zero-order valence-electron chi connectivity index (χ0n) is 14.5. The van der Waals surface area contributed by atoms with Crippen LogP contribution in [0.15, 0.2) is 66.7 Å². The molecule has 0 aromatic heterocycles. The standard InChI is InChI=1S/C22H14F5N/c23-18-9-15(13-28)8-17(11-18)19(10-14-4-2-1-3-5-14)16-6-7-21(24)20(12-16)22(25,26)27/h1-9,11-12,19H,10H2/t19-/m1/s1. The van der Waals surface area contributed by atoms with Crippen molar-refractivity contribution in [2.24, 2.45) is 0 Å². The predicted molar refractivity (Wildman–Crippen MR) is 94.5 cm³/mol. The summed E-state index contributed by atoms with van der Waals surface area (Å²) in [6, 6.07) is 17.2. The second-order valence-electron chi connectivity index (χ2n) is 6.36. The molecule has 0 bridgehead atoms. The predicted octanol–water partition coefficient (Wildman–Crippen LogP) is 6.23. The Bertz CT molecular complexity index is 1020. The summed E-state index contributed by atoms with van der Waals surface area (Å²) in [5.74, 6) is -2.72. The van der Waals surface area contributed by atoms with Gasteiger partial charge in [-0.05, 0) is 53.4 Å². The lowest BCUT2D eigenvalue weighted by atomic mass is 9.84. The van der Waals surface area contributed by atoms with E-state index in [1.54, 1.807) is 30.3 Å². The maximum absolute atomic E-state index is 14.0. The molecule has 1 atom stereocenters. The molecule has 0 aliphatic carbocycles. The molecule has 0 unspecified atom stereocenters. The van der Waals surface area contributed by atoms with Crippen LogP contribution in [0.25, 0.3) is 0 Å². The van der Waals surface area contributed by atoms with Gasteiger partial charge in [0.25, 0.3) is 0 Å². The van der Waals surface area contributed by atoms with Crippen LogP contribution in [-0.2, 0) is 12.6 Å². The molecular weight excluding hydrogens is 373 g/mol. The minimum Gasteiger partial charge on any atom is -0.207 e. The minimum atomic E-state index is -4.85. The van der Waals surface area contributed by atoms with Crippen LogP contribution in [0, 0.1) is 23.0 Å². The number of alkyl halides is 3. The highest BCUT2D eigenvalue weighted by Crippen LogP contribution is 2.36. The first-order chi connectivity index (χ1) is 13.3. The van der Waals surface area contributed by atoms with E-state index in [1.807, 2.05) is 6.07 Å². The summed E-state index contributed by atoms with van der Waals surface area (Å²) >= 11 is 0. The van der Waals surface area contributed by atoms with Crippen molar-refractivity contribution >= 4 is 0 Å². The van der Waals surface area contributed by atoms with Crippen molar-refractivity contribution in [1.29, 1.82) is 5.26 Å². The quantitative estimate of drug-likeness (QED) is 0.487. The van der Waals surface area contributed by atoms with Gasteiger partial charge in [0.15, 0.2) is 0 Å². The number of halogens is 5. The number of hydrogen-bond donors (Lipinski definition) is 0. The molecule has 1 nitrogen and oxygen atoms in total. The maximum Gasteiger partial charge on any atom is 0.419 e. The maximum atomic E-state index is 14.0. The number of hydrogen-bond acceptors (Lipinski definition) is 1. The van der Waals surface area contributed by atoms with E-state index in [4.69, 9.17) is 5.26 Å². The lowest BCUT2D eigenvalue weighted by Gasteiger charge is -2.20. The molecule has 0 saturated carbocycles. The SMILES string of the molecule is N#Cc1cc(F)cc([C@H](Cc2ccccc2)c2ccc(F)c(C(F)(F)F)c2)c1.